The maximum absolute atomic E-state index is 13.8. The van der Waals surface area contributed by atoms with Gasteiger partial charge in [-0.2, -0.15) is 21.6 Å². The number of methoxy groups -OCH3 is 1. The standard InChI is InChI=1S/C20H15F3O5S2/c1-12-7-6-10-14(11-12)28-30(25,26)17-15(13-8-4-3-5-9-13)18(20(21,22)23)29-16(17)19(24)27-2/h3-11H,1-2H3. The normalized spacial score (nSPS) is 11.9. The van der Waals surface area contributed by atoms with Crippen LogP contribution in [0, 0.1) is 6.92 Å². The van der Waals surface area contributed by atoms with Gasteiger partial charge < -0.3 is 8.92 Å². The van der Waals surface area contributed by atoms with Crippen LogP contribution in [0.1, 0.15) is 20.1 Å². The van der Waals surface area contributed by atoms with Crippen molar-refractivity contribution in [3.63, 3.8) is 0 Å². The van der Waals surface area contributed by atoms with E-state index < -0.39 is 42.5 Å². The Bertz CT molecular complexity index is 1180. The third-order valence-electron chi connectivity index (χ3n) is 4.00. The lowest BCUT2D eigenvalue weighted by molar-refractivity contribution is -0.133. The number of hydrogen-bond acceptors (Lipinski definition) is 6. The highest BCUT2D eigenvalue weighted by Crippen LogP contribution is 2.48. The Hall–Kier alpha value is -2.85. The maximum Gasteiger partial charge on any atom is 0.426 e. The first kappa shape index (κ1) is 21.8. The average molecular weight is 456 g/mol. The zero-order valence-corrected chi connectivity index (χ0v) is 17.3. The topological polar surface area (TPSA) is 69.7 Å². The van der Waals surface area contributed by atoms with Gasteiger partial charge in [0.2, 0.25) is 0 Å². The molecular formula is C20H15F3O5S2. The highest BCUT2D eigenvalue weighted by Gasteiger charge is 2.44. The number of benzene rings is 2. The number of esters is 1. The van der Waals surface area contributed by atoms with E-state index in [4.69, 9.17) is 4.18 Å². The lowest BCUT2D eigenvalue weighted by Crippen LogP contribution is -2.15. The van der Waals surface area contributed by atoms with E-state index in [2.05, 4.69) is 4.74 Å². The van der Waals surface area contributed by atoms with Crippen LogP contribution in [-0.2, 0) is 21.0 Å². The monoisotopic (exact) mass is 456 g/mol. The van der Waals surface area contributed by atoms with Crippen molar-refractivity contribution in [1.29, 1.82) is 0 Å². The lowest BCUT2D eigenvalue weighted by Gasteiger charge is -2.12. The van der Waals surface area contributed by atoms with Crippen molar-refractivity contribution in [2.24, 2.45) is 0 Å². The Morgan fingerprint density at radius 1 is 1.03 bits per heavy atom. The summed E-state index contributed by atoms with van der Waals surface area (Å²) in [4.78, 5) is 9.39. The van der Waals surface area contributed by atoms with E-state index in [1.807, 2.05) is 0 Å². The first-order valence-electron chi connectivity index (χ1n) is 8.43. The lowest BCUT2D eigenvalue weighted by atomic mass is 10.1. The quantitative estimate of drug-likeness (QED) is 0.385. The van der Waals surface area contributed by atoms with Crippen molar-refractivity contribution in [3.8, 4) is 16.9 Å². The van der Waals surface area contributed by atoms with Gasteiger partial charge in [0.25, 0.3) is 0 Å². The van der Waals surface area contributed by atoms with Crippen molar-refractivity contribution in [2.75, 3.05) is 7.11 Å². The molecule has 0 N–H and O–H groups in total. The van der Waals surface area contributed by atoms with Crippen LogP contribution in [0.5, 0.6) is 5.75 Å². The minimum atomic E-state index is -4.91. The number of ether oxygens (including phenoxy) is 1. The number of carbonyl (C=O) groups is 1. The molecule has 0 bridgehead atoms. The number of thiophene rings is 1. The summed E-state index contributed by atoms with van der Waals surface area (Å²) in [5.74, 6) is -1.30. The van der Waals surface area contributed by atoms with Gasteiger partial charge in [0, 0.05) is 5.56 Å². The minimum absolute atomic E-state index is 0.00246. The van der Waals surface area contributed by atoms with Gasteiger partial charge in [0.15, 0.2) is 0 Å². The van der Waals surface area contributed by atoms with Gasteiger partial charge in [0.05, 0.1) is 7.11 Å². The number of carbonyl (C=O) groups excluding carboxylic acids is 1. The molecule has 0 saturated heterocycles. The van der Waals surface area contributed by atoms with Crippen molar-refractivity contribution in [3.05, 3.63) is 69.9 Å². The van der Waals surface area contributed by atoms with Gasteiger partial charge in [-0.1, -0.05) is 42.5 Å². The van der Waals surface area contributed by atoms with Gasteiger partial charge in [-0.15, -0.1) is 11.3 Å². The molecule has 0 aliphatic heterocycles. The zero-order chi connectivity index (χ0) is 22.1. The van der Waals surface area contributed by atoms with Gasteiger partial charge >= 0.3 is 22.3 Å². The van der Waals surface area contributed by atoms with Crippen LogP contribution in [0.25, 0.3) is 11.1 Å². The molecule has 158 valence electrons. The molecule has 3 rings (SSSR count). The Balaban J connectivity index is 2.33. The fourth-order valence-corrected chi connectivity index (χ4v) is 5.50. The van der Waals surface area contributed by atoms with Crippen LogP contribution in [-0.4, -0.2) is 21.5 Å². The SMILES string of the molecule is COC(=O)c1sc(C(F)(F)F)c(-c2ccccc2)c1S(=O)(=O)Oc1cccc(C)c1. The predicted molar refractivity (Wildman–Crippen MR) is 105 cm³/mol. The molecule has 30 heavy (non-hydrogen) atoms. The fraction of sp³-hybridized carbons (Fsp3) is 0.150. The highest BCUT2D eigenvalue weighted by atomic mass is 32.2. The first-order valence-corrected chi connectivity index (χ1v) is 10.7. The number of aryl methyl sites for hydroxylation is 1. The molecule has 0 aliphatic rings. The molecule has 0 fully saturated rings. The maximum atomic E-state index is 13.8. The van der Waals surface area contributed by atoms with Gasteiger partial charge in [0.1, 0.15) is 20.4 Å². The molecule has 0 radical (unpaired) electrons. The van der Waals surface area contributed by atoms with Crippen LogP contribution in [0.4, 0.5) is 13.2 Å². The smallest absolute Gasteiger partial charge is 0.426 e. The molecule has 0 atom stereocenters. The third-order valence-corrected chi connectivity index (χ3v) is 6.66. The van der Waals surface area contributed by atoms with Crippen LogP contribution in [0.15, 0.2) is 59.5 Å². The summed E-state index contributed by atoms with van der Waals surface area (Å²) in [6.07, 6.45) is -4.91. The van der Waals surface area contributed by atoms with E-state index in [-0.39, 0.29) is 22.6 Å². The molecule has 10 heteroatoms. The molecule has 2 aromatic carbocycles. The molecule has 1 heterocycles. The predicted octanol–water partition coefficient (Wildman–Crippen LogP) is 5.30. The molecule has 1 aromatic heterocycles. The van der Waals surface area contributed by atoms with Crippen molar-refractivity contribution in [1.82, 2.24) is 0 Å². The summed E-state index contributed by atoms with van der Waals surface area (Å²) < 4.78 is 77.2. The van der Waals surface area contributed by atoms with E-state index >= 15 is 0 Å². The molecular weight excluding hydrogens is 441 g/mol. The Labute approximate surface area is 174 Å². The van der Waals surface area contributed by atoms with Crippen molar-refractivity contribution >= 4 is 27.4 Å². The minimum Gasteiger partial charge on any atom is -0.465 e. The van der Waals surface area contributed by atoms with Crippen molar-refractivity contribution in [2.45, 2.75) is 18.0 Å². The number of hydrogen-bond donors (Lipinski definition) is 0. The van der Waals surface area contributed by atoms with Gasteiger partial charge in [-0.25, -0.2) is 4.79 Å². The van der Waals surface area contributed by atoms with E-state index in [0.29, 0.717) is 5.56 Å². The van der Waals surface area contributed by atoms with Crippen LogP contribution >= 0.6 is 11.3 Å². The summed E-state index contributed by atoms with van der Waals surface area (Å²) in [5, 5.41) is 0. The van der Waals surface area contributed by atoms with E-state index in [1.54, 1.807) is 19.1 Å². The highest BCUT2D eigenvalue weighted by molar-refractivity contribution is 7.87. The molecule has 3 aromatic rings. The number of halogens is 3. The second-order valence-corrected chi connectivity index (χ2v) is 8.68. The molecule has 5 nitrogen and oxygen atoms in total. The van der Waals surface area contributed by atoms with Crippen LogP contribution in [0.2, 0.25) is 0 Å². The second kappa shape index (κ2) is 8.11. The Morgan fingerprint density at radius 3 is 2.27 bits per heavy atom. The summed E-state index contributed by atoms with van der Waals surface area (Å²) in [6.45, 7) is 1.70. The summed E-state index contributed by atoms with van der Waals surface area (Å²) in [5.41, 5.74) is 0.00396. The average Bonchev–Trinajstić information content (AvgIpc) is 3.10. The van der Waals surface area contributed by atoms with Crippen LogP contribution < -0.4 is 4.18 Å². The number of alkyl halides is 3. The molecule has 0 aliphatic carbocycles. The summed E-state index contributed by atoms with van der Waals surface area (Å²) >= 11 is 0.00246. The summed E-state index contributed by atoms with van der Waals surface area (Å²) in [6, 6.07) is 13.1. The Kier molecular flexibility index (Phi) is 5.91. The van der Waals surface area contributed by atoms with E-state index in [1.165, 1.54) is 42.5 Å². The first-order chi connectivity index (χ1) is 14.0. The number of rotatable bonds is 5. The van der Waals surface area contributed by atoms with E-state index in [0.717, 1.165) is 7.11 Å². The molecule has 0 unspecified atom stereocenters. The van der Waals surface area contributed by atoms with Gasteiger partial charge in [-0.3, -0.25) is 0 Å². The van der Waals surface area contributed by atoms with E-state index in [9.17, 15) is 26.4 Å². The fourth-order valence-electron chi connectivity index (χ4n) is 2.78. The zero-order valence-electron chi connectivity index (χ0n) is 15.7. The summed E-state index contributed by atoms with van der Waals surface area (Å²) in [7, 11) is -3.87. The molecule has 0 amide bonds. The van der Waals surface area contributed by atoms with Crippen LogP contribution in [0.3, 0.4) is 0 Å². The molecule has 0 saturated carbocycles. The molecule has 0 spiro atoms. The van der Waals surface area contributed by atoms with Gasteiger partial charge in [-0.05, 0) is 30.2 Å². The van der Waals surface area contributed by atoms with Crippen molar-refractivity contribution < 1.29 is 35.3 Å². The Morgan fingerprint density at radius 2 is 1.70 bits per heavy atom. The largest absolute Gasteiger partial charge is 0.465 e. The third kappa shape index (κ3) is 4.34. The second-order valence-electron chi connectivity index (χ2n) is 6.17.